The Bertz CT molecular complexity index is 1000. The number of nitrogens with zero attached hydrogens (tertiary/aromatic N) is 3. The minimum Gasteiger partial charge on any atom is -0.325 e. The molecule has 0 aliphatic heterocycles. The van der Waals surface area contributed by atoms with Crippen LogP contribution in [0, 0.1) is 10.5 Å². The molecule has 7 heteroatoms. The number of carbonyl (C=O) groups is 1. The monoisotopic (exact) mass is 506 g/mol. The average Bonchev–Trinajstić information content (AvgIpc) is 3.02. The largest absolute Gasteiger partial charge is 0.325 e. The molecular formula is C21H23IN4OS. The summed E-state index contributed by atoms with van der Waals surface area (Å²) in [5, 5.41) is 12.3. The van der Waals surface area contributed by atoms with Crippen LogP contribution in [0.15, 0.2) is 47.6 Å². The van der Waals surface area contributed by atoms with Crippen molar-refractivity contribution >= 4 is 45.9 Å². The first-order chi connectivity index (χ1) is 13.3. The van der Waals surface area contributed by atoms with Crippen molar-refractivity contribution in [2.45, 2.75) is 31.8 Å². The van der Waals surface area contributed by atoms with E-state index in [2.05, 4.69) is 77.1 Å². The van der Waals surface area contributed by atoms with Gasteiger partial charge in [0.25, 0.3) is 0 Å². The van der Waals surface area contributed by atoms with Gasteiger partial charge in [-0.1, -0.05) is 49.4 Å². The molecule has 0 bridgehead atoms. The number of nitrogens with one attached hydrogen (secondary N) is 1. The van der Waals surface area contributed by atoms with Crippen LogP contribution in [0.25, 0.3) is 11.4 Å². The van der Waals surface area contributed by atoms with E-state index in [1.165, 1.54) is 17.3 Å². The van der Waals surface area contributed by atoms with Gasteiger partial charge >= 0.3 is 0 Å². The number of hydrogen-bond acceptors (Lipinski definition) is 4. The molecule has 2 aromatic carbocycles. The molecule has 1 amide bonds. The van der Waals surface area contributed by atoms with Gasteiger partial charge in [-0.25, -0.2) is 0 Å². The molecule has 0 atom stereocenters. The minimum atomic E-state index is -0.0480. The molecule has 0 saturated carbocycles. The number of halogens is 1. The highest BCUT2D eigenvalue weighted by Crippen LogP contribution is 2.27. The van der Waals surface area contributed by atoms with Gasteiger partial charge in [-0.05, 0) is 65.3 Å². The van der Waals surface area contributed by atoms with Gasteiger partial charge in [-0.2, -0.15) is 0 Å². The highest BCUT2D eigenvalue weighted by Gasteiger charge is 2.15. The summed E-state index contributed by atoms with van der Waals surface area (Å²) in [4.78, 5) is 12.5. The molecule has 0 aliphatic carbocycles. The average molecular weight is 506 g/mol. The molecule has 3 rings (SSSR count). The van der Waals surface area contributed by atoms with E-state index in [1.54, 1.807) is 0 Å². The molecule has 1 heterocycles. The lowest BCUT2D eigenvalue weighted by molar-refractivity contribution is -0.113. The molecule has 0 spiro atoms. The summed E-state index contributed by atoms with van der Waals surface area (Å²) >= 11 is 3.68. The van der Waals surface area contributed by atoms with Gasteiger partial charge in [0.05, 0.1) is 5.75 Å². The number of benzene rings is 2. The summed E-state index contributed by atoms with van der Waals surface area (Å²) in [6.07, 6.45) is 0. The van der Waals surface area contributed by atoms with E-state index in [0.29, 0.717) is 5.92 Å². The first kappa shape index (κ1) is 20.9. The molecule has 0 saturated heterocycles. The first-order valence-corrected chi connectivity index (χ1v) is 11.1. The van der Waals surface area contributed by atoms with Crippen molar-refractivity contribution in [1.29, 1.82) is 0 Å². The molecule has 5 nitrogen and oxygen atoms in total. The summed E-state index contributed by atoms with van der Waals surface area (Å²) < 4.78 is 3.09. The lowest BCUT2D eigenvalue weighted by Gasteiger charge is -2.14. The summed E-state index contributed by atoms with van der Waals surface area (Å²) in [6.45, 7) is 6.31. The van der Waals surface area contributed by atoms with E-state index in [0.717, 1.165) is 31.4 Å². The van der Waals surface area contributed by atoms with E-state index >= 15 is 0 Å². The predicted octanol–water partition coefficient (Wildman–Crippen LogP) is 5.25. The van der Waals surface area contributed by atoms with Crippen LogP contribution in [0.4, 0.5) is 5.69 Å². The number of rotatable bonds is 6. The molecule has 1 N–H and O–H groups in total. The third kappa shape index (κ3) is 4.94. The van der Waals surface area contributed by atoms with Crippen LogP contribution in [0.1, 0.15) is 30.9 Å². The van der Waals surface area contributed by atoms with Crippen LogP contribution in [-0.4, -0.2) is 26.4 Å². The van der Waals surface area contributed by atoms with Crippen LogP contribution in [0.3, 0.4) is 0 Å². The number of thioether (sulfide) groups is 1. The third-order valence-corrected chi connectivity index (χ3v) is 6.04. The number of aromatic nitrogens is 3. The van der Waals surface area contributed by atoms with Crippen molar-refractivity contribution in [3.63, 3.8) is 0 Å². The zero-order valence-corrected chi connectivity index (χ0v) is 19.3. The second-order valence-electron chi connectivity index (χ2n) is 6.96. The van der Waals surface area contributed by atoms with Crippen LogP contribution in [0.5, 0.6) is 0 Å². The molecule has 1 aromatic heterocycles. The maximum atomic E-state index is 12.5. The van der Waals surface area contributed by atoms with Crippen molar-refractivity contribution in [3.8, 4) is 11.4 Å². The molecule has 0 aliphatic rings. The first-order valence-electron chi connectivity index (χ1n) is 9.03. The lowest BCUT2D eigenvalue weighted by atomic mass is 10.0. The van der Waals surface area contributed by atoms with Crippen LogP contribution in [-0.2, 0) is 11.8 Å². The SMILES string of the molecule is Cc1cccc(-c2nnc(SCC(=O)Nc3ccc(I)cc3C(C)C)n2C)c1. The molecule has 146 valence electrons. The highest BCUT2D eigenvalue weighted by molar-refractivity contribution is 14.1. The fraction of sp³-hybridized carbons (Fsp3) is 0.286. The van der Waals surface area contributed by atoms with Crippen molar-refractivity contribution in [2.75, 3.05) is 11.1 Å². The second kappa shape index (κ2) is 9.09. The smallest absolute Gasteiger partial charge is 0.234 e. The number of hydrogen-bond donors (Lipinski definition) is 1. The summed E-state index contributed by atoms with van der Waals surface area (Å²) in [7, 11) is 1.92. The van der Waals surface area contributed by atoms with Crippen molar-refractivity contribution in [1.82, 2.24) is 14.8 Å². The highest BCUT2D eigenvalue weighted by atomic mass is 127. The van der Waals surface area contributed by atoms with Gasteiger partial charge in [0.1, 0.15) is 0 Å². The Morgan fingerprint density at radius 3 is 2.71 bits per heavy atom. The number of amides is 1. The van der Waals surface area contributed by atoms with Crippen LogP contribution < -0.4 is 5.32 Å². The zero-order valence-electron chi connectivity index (χ0n) is 16.4. The summed E-state index contributed by atoms with van der Waals surface area (Å²) in [5.41, 5.74) is 4.21. The standard InChI is InChI=1S/C21H23IN4OS/c1-13(2)17-11-16(22)8-9-18(17)23-19(27)12-28-21-25-24-20(26(21)4)15-7-5-6-14(3)10-15/h5-11,13H,12H2,1-4H3,(H,23,27). The van der Waals surface area contributed by atoms with Gasteiger partial charge in [0, 0.05) is 21.9 Å². The van der Waals surface area contributed by atoms with Gasteiger partial charge in [-0.15, -0.1) is 10.2 Å². The molecule has 0 fully saturated rings. The maximum absolute atomic E-state index is 12.5. The summed E-state index contributed by atoms with van der Waals surface area (Å²) in [6, 6.07) is 14.2. The van der Waals surface area contributed by atoms with Crippen molar-refractivity contribution in [3.05, 3.63) is 57.2 Å². The van der Waals surface area contributed by atoms with E-state index in [1.807, 2.05) is 35.9 Å². The van der Waals surface area contributed by atoms with Gasteiger partial charge < -0.3 is 9.88 Å². The Morgan fingerprint density at radius 1 is 1.21 bits per heavy atom. The fourth-order valence-electron chi connectivity index (χ4n) is 2.92. The van der Waals surface area contributed by atoms with Crippen molar-refractivity contribution < 1.29 is 4.79 Å². The number of anilines is 1. The van der Waals surface area contributed by atoms with Gasteiger partial charge in [0.15, 0.2) is 11.0 Å². The normalized spacial score (nSPS) is 11.1. The Labute approximate surface area is 183 Å². The molecular weight excluding hydrogens is 483 g/mol. The zero-order chi connectivity index (χ0) is 20.3. The Kier molecular flexibility index (Phi) is 6.77. The Morgan fingerprint density at radius 2 is 2.00 bits per heavy atom. The fourth-order valence-corrected chi connectivity index (χ4v) is 4.14. The lowest BCUT2D eigenvalue weighted by Crippen LogP contribution is -2.16. The van der Waals surface area contributed by atoms with E-state index in [4.69, 9.17) is 0 Å². The number of aryl methyl sites for hydroxylation is 1. The maximum Gasteiger partial charge on any atom is 0.234 e. The number of carbonyl (C=O) groups excluding carboxylic acids is 1. The minimum absolute atomic E-state index is 0.0480. The van der Waals surface area contributed by atoms with E-state index in [9.17, 15) is 4.79 Å². The van der Waals surface area contributed by atoms with E-state index < -0.39 is 0 Å². The van der Waals surface area contributed by atoms with Crippen LogP contribution in [0.2, 0.25) is 0 Å². The Hall–Kier alpha value is -1.87. The summed E-state index contributed by atoms with van der Waals surface area (Å²) in [5.74, 6) is 1.37. The van der Waals surface area contributed by atoms with Crippen LogP contribution >= 0.6 is 34.4 Å². The van der Waals surface area contributed by atoms with E-state index in [-0.39, 0.29) is 11.7 Å². The Balaban J connectivity index is 1.68. The third-order valence-electron chi connectivity index (χ3n) is 4.35. The molecule has 3 aromatic rings. The van der Waals surface area contributed by atoms with Crippen molar-refractivity contribution in [2.24, 2.45) is 7.05 Å². The second-order valence-corrected chi connectivity index (χ2v) is 9.15. The van der Waals surface area contributed by atoms with Gasteiger partial charge in [0.2, 0.25) is 5.91 Å². The topological polar surface area (TPSA) is 59.8 Å². The van der Waals surface area contributed by atoms with Gasteiger partial charge in [-0.3, -0.25) is 4.79 Å². The quantitative estimate of drug-likeness (QED) is 0.367. The molecule has 0 unspecified atom stereocenters. The molecule has 0 radical (unpaired) electrons. The predicted molar refractivity (Wildman–Crippen MR) is 124 cm³/mol. The molecule has 28 heavy (non-hydrogen) atoms.